The molecule has 0 bridgehead atoms. The van der Waals surface area contributed by atoms with E-state index in [9.17, 15) is 4.79 Å². The number of nitrogens with zero attached hydrogens (tertiary/aromatic N) is 2. The van der Waals surface area contributed by atoms with E-state index in [0.717, 1.165) is 35.4 Å². The van der Waals surface area contributed by atoms with Crippen molar-refractivity contribution in [2.75, 3.05) is 0 Å². The minimum atomic E-state index is -0.0733. The van der Waals surface area contributed by atoms with E-state index < -0.39 is 0 Å². The van der Waals surface area contributed by atoms with Crippen molar-refractivity contribution in [3.05, 3.63) is 58.7 Å². The fourth-order valence-corrected chi connectivity index (χ4v) is 2.58. The highest BCUT2D eigenvalue weighted by atomic mass is 16.1. The predicted molar refractivity (Wildman–Crippen MR) is 85.6 cm³/mol. The van der Waals surface area contributed by atoms with Crippen molar-refractivity contribution < 1.29 is 4.79 Å². The Morgan fingerprint density at radius 2 is 2.00 bits per heavy atom. The maximum Gasteiger partial charge on any atom is 0.253 e. The summed E-state index contributed by atoms with van der Waals surface area (Å²) >= 11 is 0. The van der Waals surface area contributed by atoms with Crippen LogP contribution in [-0.2, 0) is 0 Å². The van der Waals surface area contributed by atoms with Gasteiger partial charge in [-0.1, -0.05) is 0 Å². The van der Waals surface area contributed by atoms with Crippen LogP contribution in [0.4, 0.5) is 0 Å². The highest BCUT2D eigenvalue weighted by molar-refractivity contribution is 5.94. The molecule has 0 saturated heterocycles. The Hall–Kier alpha value is -2.23. The Bertz CT molecular complexity index is 707. The van der Waals surface area contributed by atoms with Crippen LogP contribution in [0.15, 0.2) is 30.6 Å². The number of hydrogen-bond acceptors (Lipinski definition) is 3. The monoisotopic (exact) mass is 295 g/mol. The van der Waals surface area contributed by atoms with Crippen LogP contribution < -0.4 is 5.32 Å². The summed E-state index contributed by atoms with van der Waals surface area (Å²) in [6, 6.07) is 5.92. The largest absolute Gasteiger partial charge is 0.343 e. The highest BCUT2D eigenvalue weighted by Crippen LogP contribution is 2.40. The first-order valence-corrected chi connectivity index (χ1v) is 7.71. The third-order valence-electron chi connectivity index (χ3n) is 4.24. The molecule has 1 atom stereocenters. The Morgan fingerprint density at radius 3 is 2.64 bits per heavy atom. The number of nitrogens with one attached hydrogen (secondary N) is 1. The van der Waals surface area contributed by atoms with Crippen LogP contribution in [0.1, 0.15) is 51.8 Å². The number of pyridine rings is 2. The average Bonchev–Trinajstić information content (AvgIpc) is 3.32. The van der Waals surface area contributed by atoms with E-state index in [-0.39, 0.29) is 11.9 Å². The number of carbonyl (C=O) groups excluding carboxylic acids is 1. The van der Waals surface area contributed by atoms with Crippen molar-refractivity contribution in [1.82, 2.24) is 15.3 Å². The second-order valence-corrected chi connectivity index (χ2v) is 6.17. The zero-order chi connectivity index (χ0) is 15.7. The Labute approximate surface area is 131 Å². The molecule has 22 heavy (non-hydrogen) atoms. The van der Waals surface area contributed by atoms with Gasteiger partial charge in [-0.25, -0.2) is 0 Å². The van der Waals surface area contributed by atoms with Gasteiger partial charge in [-0.05, 0) is 68.9 Å². The van der Waals surface area contributed by atoms with Gasteiger partial charge in [0.05, 0.1) is 17.3 Å². The van der Waals surface area contributed by atoms with Crippen molar-refractivity contribution in [1.29, 1.82) is 0 Å². The van der Waals surface area contributed by atoms with Crippen molar-refractivity contribution >= 4 is 5.91 Å². The topological polar surface area (TPSA) is 54.9 Å². The van der Waals surface area contributed by atoms with Gasteiger partial charge in [0.15, 0.2) is 0 Å². The maximum atomic E-state index is 12.5. The number of rotatable bonds is 4. The Kier molecular flexibility index (Phi) is 3.92. The van der Waals surface area contributed by atoms with Crippen LogP contribution in [-0.4, -0.2) is 15.9 Å². The van der Waals surface area contributed by atoms with Crippen LogP contribution in [0.2, 0.25) is 0 Å². The molecule has 4 nitrogen and oxygen atoms in total. The molecule has 1 N–H and O–H groups in total. The molecule has 1 saturated carbocycles. The lowest BCUT2D eigenvalue weighted by Gasteiger charge is -2.18. The molecule has 0 unspecified atom stereocenters. The van der Waals surface area contributed by atoms with Crippen molar-refractivity contribution in [2.45, 2.75) is 39.7 Å². The van der Waals surface area contributed by atoms with E-state index in [1.165, 1.54) is 0 Å². The standard InChI is InChI=1S/C18H21N3O/c1-11-6-7-19-16(8-11)17(14-4-5-14)21-18(22)15-9-12(2)13(3)20-10-15/h6-10,14,17H,4-5H2,1-3H3,(H,21,22)/t17-/m0/s1. The molecule has 0 aliphatic heterocycles. The summed E-state index contributed by atoms with van der Waals surface area (Å²) in [5.41, 5.74) is 4.71. The summed E-state index contributed by atoms with van der Waals surface area (Å²) in [4.78, 5) is 21.3. The highest BCUT2D eigenvalue weighted by Gasteiger charge is 2.34. The quantitative estimate of drug-likeness (QED) is 0.941. The third kappa shape index (κ3) is 3.16. The van der Waals surface area contributed by atoms with E-state index in [1.54, 1.807) is 6.20 Å². The molecule has 1 amide bonds. The van der Waals surface area contributed by atoms with E-state index in [0.29, 0.717) is 11.5 Å². The van der Waals surface area contributed by atoms with Gasteiger partial charge >= 0.3 is 0 Å². The molecule has 4 heteroatoms. The predicted octanol–water partition coefficient (Wildman–Crippen LogP) is 3.28. The van der Waals surface area contributed by atoms with Crippen LogP contribution in [0.5, 0.6) is 0 Å². The van der Waals surface area contributed by atoms with Gasteiger partial charge in [-0.15, -0.1) is 0 Å². The van der Waals surface area contributed by atoms with Gasteiger partial charge in [0.25, 0.3) is 5.91 Å². The van der Waals surface area contributed by atoms with E-state index in [2.05, 4.69) is 21.4 Å². The minimum Gasteiger partial charge on any atom is -0.343 e. The lowest BCUT2D eigenvalue weighted by molar-refractivity contribution is 0.0930. The minimum absolute atomic E-state index is 0.00555. The second kappa shape index (κ2) is 5.87. The molecule has 1 fully saturated rings. The first kappa shape index (κ1) is 14.7. The Balaban J connectivity index is 1.82. The molecular formula is C18H21N3O. The van der Waals surface area contributed by atoms with Crippen molar-refractivity contribution in [3.63, 3.8) is 0 Å². The molecule has 114 valence electrons. The van der Waals surface area contributed by atoms with E-state index in [4.69, 9.17) is 0 Å². The molecule has 0 aromatic carbocycles. The van der Waals surface area contributed by atoms with Crippen LogP contribution >= 0.6 is 0 Å². The third-order valence-corrected chi connectivity index (χ3v) is 4.24. The molecule has 1 aliphatic carbocycles. The Morgan fingerprint density at radius 1 is 1.23 bits per heavy atom. The summed E-state index contributed by atoms with van der Waals surface area (Å²) in [7, 11) is 0. The zero-order valence-electron chi connectivity index (χ0n) is 13.3. The molecule has 1 aliphatic rings. The summed E-state index contributed by atoms with van der Waals surface area (Å²) < 4.78 is 0. The van der Waals surface area contributed by atoms with Gasteiger partial charge in [-0.3, -0.25) is 14.8 Å². The molecule has 2 aromatic rings. The van der Waals surface area contributed by atoms with Crippen LogP contribution in [0.3, 0.4) is 0 Å². The van der Waals surface area contributed by atoms with Crippen molar-refractivity contribution in [2.24, 2.45) is 5.92 Å². The molecule has 3 rings (SSSR count). The summed E-state index contributed by atoms with van der Waals surface area (Å²) in [5, 5.41) is 3.14. The lowest BCUT2D eigenvalue weighted by Crippen LogP contribution is -2.30. The first-order valence-electron chi connectivity index (χ1n) is 7.71. The van der Waals surface area contributed by atoms with E-state index >= 15 is 0 Å². The molecular weight excluding hydrogens is 274 g/mol. The van der Waals surface area contributed by atoms with Gasteiger partial charge in [0, 0.05) is 18.1 Å². The van der Waals surface area contributed by atoms with Gasteiger partial charge in [0.1, 0.15) is 0 Å². The molecule has 2 heterocycles. The smallest absolute Gasteiger partial charge is 0.253 e. The summed E-state index contributed by atoms with van der Waals surface area (Å²) in [6.07, 6.45) is 5.74. The van der Waals surface area contributed by atoms with E-state index in [1.807, 2.05) is 39.1 Å². The van der Waals surface area contributed by atoms with Gasteiger partial charge < -0.3 is 5.32 Å². The van der Waals surface area contributed by atoms with Gasteiger partial charge in [-0.2, -0.15) is 0 Å². The SMILES string of the molecule is Cc1ccnc([C@@H](NC(=O)c2cnc(C)c(C)c2)C2CC2)c1. The number of aromatic nitrogens is 2. The fourth-order valence-electron chi connectivity index (χ4n) is 2.58. The van der Waals surface area contributed by atoms with Crippen LogP contribution in [0.25, 0.3) is 0 Å². The van der Waals surface area contributed by atoms with Crippen LogP contribution in [0, 0.1) is 26.7 Å². The molecule has 0 spiro atoms. The molecule has 0 radical (unpaired) electrons. The number of carbonyl (C=O) groups is 1. The zero-order valence-corrected chi connectivity index (χ0v) is 13.3. The molecule has 2 aromatic heterocycles. The number of hydrogen-bond donors (Lipinski definition) is 1. The van der Waals surface area contributed by atoms with Gasteiger partial charge in [0.2, 0.25) is 0 Å². The maximum absolute atomic E-state index is 12.5. The van der Waals surface area contributed by atoms with Crippen molar-refractivity contribution in [3.8, 4) is 0 Å². The fraction of sp³-hybridized carbons (Fsp3) is 0.389. The lowest BCUT2D eigenvalue weighted by atomic mass is 10.1. The normalized spacial score (nSPS) is 15.4. The number of aryl methyl sites for hydroxylation is 3. The summed E-state index contributed by atoms with van der Waals surface area (Å²) in [5.74, 6) is 0.425. The summed E-state index contributed by atoms with van der Waals surface area (Å²) in [6.45, 7) is 5.96. The first-order chi connectivity index (χ1) is 10.5. The second-order valence-electron chi connectivity index (χ2n) is 6.17. The average molecular weight is 295 g/mol. The number of amides is 1.